The zero-order valence-electron chi connectivity index (χ0n) is 20.6. The normalized spacial score (nSPS) is 11.1. The summed E-state index contributed by atoms with van der Waals surface area (Å²) < 4.78 is 0. The van der Waals surface area contributed by atoms with Crippen molar-refractivity contribution in [3.05, 3.63) is 89.3 Å². The minimum absolute atomic E-state index is 0. The quantitative estimate of drug-likeness (QED) is 0.231. The molecule has 0 fully saturated rings. The minimum Gasteiger partial charge on any atom is -0.399 e. The van der Waals surface area contributed by atoms with Crippen LogP contribution in [0.2, 0.25) is 0 Å². The number of aromatic nitrogens is 1. The van der Waals surface area contributed by atoms with Crippen LogP contribution in [0.25, 0.3) is 22.4 Å². The number of carbonyl (C=O) groups is 2. The molecule has 0 aliphatic rings. The molecule has 0 aliphatic carbocycles. The molecule has 0 aliphatic heterocycles. The van der Waals surface area contributed by atoms with Gasteiger partial charge < -0.3 is 16.4 Å². The molecule has 4 N–H and O–H groups in total. The van der Waals surface area contributed by atoms with Crippen LogP contribution in [-0.2, 0) is 4.79 Å². The van der Waals surface area contributed by atoms with Gasteiger partial charge in [-0.1, -0.05) is 36.4 Å². The number of hydrogen-bond donors (Lipinski definition) is 3. The molecule has 1 atom stereocenters. The molecule has 1 heterocycles. The predicted octanol–water partition coefficient (Wildman–Crippen LogP) is 5.53. The Labute approximate surface area is 236 Å². The Kier molecular flexibility index (Phi) is 10.4. The van der Waals surface area contributed by atoms with Crippen LogP contribution >= 0.6 is 36.6 Å². The van der Waals surface area contributed by atoms with Gasteiger partial charge in [-0.25, -0.2) is 4.98 Å². The molecule has 0 spiro atoms. The maximum atomic E-state index is 13.1. The molecule has 0 radical (unpaired) electrons. The van der Waals surface area contributed by atoms with E-state index in [9.17, 15) is 14.9 Å². The highest BCUT2D eigenvalue weighted by Crippen LogP contribution is 2.31. The fraction of sp³-hybridized carbons (Fsp3) is 0.143. The number of rotatable bonds is 9. The molecule has 0 unspecified atom stereocenters. The van der Waals surface area contributed by atoms with Crippen LogP contribution < -0.4 is 16.4 Å². The molecule has 1 aromatic heterocycles. The van der Waals surface area contributed by atoms with Crippen molar-refractivity contribution in [2.75, 3.05) is 23.1 Å². The molecule has 4 rings (SSSR count). The van der Waals surface area contributed by atoms with E-state index in [1.54, 1.807) is 42.1 Å². The third-order valence-corrected chi connectivity index (χ3v) is 7.06. The summed E-state index contributed by atoms with van der Waals surface area (Å²) in [5.74, 6) is 0.0344. The predicted molar refractivity (Wildman–Crippen MR) is 162 cm³/mol. The number of benzene rings is 3. The minimum atomic E-state index is -0.718. The molecule has 3 aromatic carbocycles. The number of amides is 2. The summed E-state index contributed by atoms with van der Waals surface area (Å²) in [4.78, 5) is 30.4. The van der Waals surface area contributed by atoms with Crippen molar-refractivity contribution in [3.8, 4) is 28.5 Å². The second-order valence-electron chi connectivity index (χ2n) is 8.19. The number of nitrogens with two attached hydrogens (primary N) is 1. The number of carbonyl (C=O) groups excluding carboxylic acids is 2. The Bertz CT molecular complexity index is 1430. The summed E-state index contributed by atoms with van der Waals surface area (Å²) in [6.07, 6.45) is 2.42. The SMILES string of the molecule is CSCC[C@H](NC(=O)c1ccc(N)cc1)C(=O)Nc1nc(-c2ccc(C#N)c(-c3ccccc3)c2)cs1.S. The zero-order valence-corrected chi connectivity index (χ0v) is 23.2. The second-order valence-corrected chi connectivity index (χ2v) is 10.0. The first-order valence-corrected chi connectivity index (χ1v) is 13.8. The first-order valence-electron chi connectivity index (χ1n) is 11.5. The van der Waals surface area contributed by atoms with Gasteiger partial charge in [-0.3, -0.25) is 9.59 Å². The smallest absolute Gasteiger partial charge is 0.251 e. The number of hydrogen-bond acceptors (Lipinski definition) is 7. The topological polar surface area (TPSA) is 121 Å². The first kappa shape index (κ1) is 28.8. The Hall–Kier alpha value is -3.78. The lowest BCUT2D eigenvalue weighted by Gasteiger charge is -2.17. The average Bonchev–Trinajstić information content (AvgIpc) is 3.39. The Morgan fingerprint density at radius 2 is 1.82 bits per heavy atom. The van der Waals surface area contributed by atoms with Crippen LogP contribution in [0.1, 0.15) is 22.3 Å². The van der Waals surface area contributed by atoms with Crippen LogP contribution in [0.15, 0.2) is 78.2 Å². The van der Waals surface area contributed by atoms with E-state index in [1.165, 1.54) is 11.3 Å². The van der Waals surface area contributed by atoms with Crippen molar-refractivity contribution >= 4 is 59.2 Å². The molecule has 0 saturated carbocycles. The number of thiazole rings is 1. The summed E-state index contributed by atoms with van der Waals surface area (Å²) in [7, 11) is 0. The number of thioether (sulfide) groups is 1. The molecule has 2 amide bonds. The van der Waals surface area contributed by atoms with E-state index in [-0.39, 0.29) is 25.3 Å². The molecule has 4 aromatic rings. The molecule has 0 saturated heterocycles. The summed E-state index contributed by atoms with van der Waals surface area (Å²) in [5.41, 5.74) is 10.6. The van der Waals surface area contributed by atoms with Crippen LogP contribution in [0, 0.1) is 11.3 Å². The first-order chi connectivity index (χ1) is 18.0. The molecule has 38 heavy (non-hydrogen) atoms. The Balaban J connectivity index is 0.00000400. The average molecular weight is 562 g/mol. The van der Waals surface area contributed by atoms with Gasteiger partial charge in [-0.2, -0.15) is 30.5 Å². The molecule has 194 valence electrons. The van der Waals surface area contributed by atoms with Crippen molar-refractivity contribution in [1.82, 2.24) is 10.3 Å². The lowest BCUT2D eigenvalue weighted by Crippen LogP contribution is -2.44. The van der Waals surface area contributed by atoms with Crippen molar-refractivity contribution in [2.45, 2.75) is 12.5 Å². The van der Waals surface area contributed by atoms with E-state index in [1.807, 2.05) is 54.1 Å². The highest BCUT2D eigenvalue weighted by atomic mass is 32.2. The van der Waals surface area contributed by atoms with E-state index in [0.717, 1.165) is 16.7 Å². The van der Waals surface area contributed by atoms with E-state index < -0.39 is 6.04 Å². The van der Waals surface area contributed by atoms with Crippen molar-refractivity contribution in [1.29, 1.82) is 5.26 Å². The summed E-state index contributed by atoms with van der Waals surface area (Å²) in [6, 6.07) is 23.3. The van der Waals surface area contributed by atoms with Crippen molar-refractivity contribution < 1.29 is 9.59 Å². The van der Waals surface area contributed by atoms with Gasteiger partial charge in [0.1, 0.15) is 6.04 Å². The summed E-state index contributed by atoms with van der Waals surface area (Å²) >= 11 is 2.90. The van der Waals surface area contributed by atoms with Crippen LogP contribution in [0.4, 0.5) is 10.8 Å². The fourth-order valence-electron chi connectivity index (χ4n) is 3.69. The number of anilines is 2. The van der Waals surface area contributed by atoms with Crippen LogP contribution in [0.3, 0.4) is 0 Å². The van der Waals surface area contributed by atoms with Crippen LogP contribution in [-0.4, -0.2) is 34.8 Å². The third kappa shape index (κ3) is 7.16. The highest BCUT2D eigenvalue weighted by molar-refractivity contribution is 7.98. The van der Waals surface area contributed by atoms with E-state index in [4.69, 9.17) is 5.73 Å². The lowest BCUT2D eigenvalue weighted by atomic mass is 9.97. The summed E-state index contributed by atoms with van der Waals surface area (Å²) in [5, 5.41) is 17.5. The Morgan fingerprint density at radius 3 is 2.50 bits per heavy atom. The van der Waals surface area contributed by atoms with Crippen molar-refractivity contribution in [2.24, 2.45) is 0 Å². The van der Waals surface area contributed by atoms with Crippen LogP contribution in [0.5, 0.6) is 0 Å². The van der Waals surface area contributed by atoms with Gasteiger partial charge in [-0.05, 0) is 60.4 Å². The maximum absolute atomic E-state index is 13.1. The number of nitrogen functional groups attached to an aromatic ring is 1. The van der Waals surface area contributed by atoms with Gasteiger partial charge in [0, 0.05) is 27.8 Å². The van der Waals surface area contributed by atoms with Gasteiger partial charge in [0.15, 0.2) is 5.13 Å². The van der Waals surface area contributed by atoms with E-state index in [2.05, 4.69) is 21.7 Å². The Morgan fingerprint density at radius 1 is 1.08 bits per heavy atom. The largest absolute Gasteiger partial charge is 0.399 e. The zero-order chi connectivity index (χ0) is 26.2. The monoisotopic (exact) mass is 561 g/mol. The van der Waals surface area contributed by atoms with Gasteiger partial charge >= 0.3 is 0 Å². The second kappa shape index (κ2) is 13.7. The lowest BCUT2D eigenvalue weighted by molar-refractivity contribution is -0.118. The third-order valence-electron chi connectivity index (χ3n) is 5.66. The van der Waals surface area contributed by atoms with E-state index in [0.29, 0.717) is 39.8 Å². The molecular formula is C28H27N5O2S3. The summed E-state index contributed by atoms with van der Waals surface area (Å²) in [6.45, 7) is 0. The molecule has 10 heteroatoms. The molecule has 0 bridgehead atoms. The fourth-order valence-corrected chi connectivity index (χ4v) is 4.89. The highest BCUT2D eigenvalue weighted by Gasteiger charge is 2.22. The van der Waals surface area contributed by atoms with Crippen molar-refractivity contribution in [3.63, 3.8) is 0 Å². The van der Waals surface area contributed by atoms with Gasteiger partial charge in [0.2, 0.25) is 5.91 Å². The number of nitrogens with one attached hydrogen (secondary N) is 2. The van der Waals surface area contributed by atoms with Gasteiger partial charge in [0.05, 0.1) is 17.3 Å². The molecule has 7 nitrogen and oxygen atoms in total. The molecular weight excluding hydrogens is 535 g/mol. The van der Waals surface area contributed by atoms with E-state index >= 15 is 0 Å². The maximum Gasteiger partial charge on any atom is 0.251 e. The van der Waals surface area contributed by atoms with Gasteiger partial charge in [-0.15, -0.1) is 11.3 Å². The number of nitrogens with zero attached hydrogens (tertiary/aromatic N) is 2. The number of nitriles is 1. The van der Waals surface area contributed by atoms with Gasteiger partial charge in [0.25, 0.3) is 5.91 Å². The standard InChI is InChI=1S/C28H25N5O2S2.H2S/c1-36-14-13-24(31-26(34)19-9-11-22(30)12-10-19)27(35)33-28-32-25(17-37-28)20-7-8-21(16-29)23(15-20)18-5-3-2-4-6-18;/h2-12,15,17,24H,13-14,30H2,1H3,(H,31,34)(H,32,33,35);1H2/t24-;/m0./s1.